The van der Waals surface area contributed by atoms with Gasteiger partial charge < -0.3 is 10.1 Å². The number of para-hydroxylation sites is 2. The Balaban J connectivity index is 1.66. The Bertz CT molecular complexity index is 910. The Morgan fingerprint density at radius 3 is 2.70 bits per heavy atom. The van der Waals surface area contributed by atoms with Crippen LogP contribution >= 0.6 is 11.8 Å². The summed E-state index contributed by atoms with van der Waals surface area (Å²) < 4.78 is 6.94. The maximum Gasteiger partial charge on any atom is 0.233 e. The van der Waals surface area contributed by atoms with Crippen LogP contribution in [0.3, 0.4) is 0 Å². The molecular formula is C19H21N5O2S. The smallest absolute Gasteiger partial charge is 0.233 e. The van der Waals surface area contributed by atoms with Crippen LogP contribution in [0.2, 0.25) is 0 Å². The zero-order valence-corrected chi connectivity index (χ0v) is 16.2. The van der Waals surface area contributed by atoms with Crippen LogP contribution in [0, 0.1) is 6.92 Å². The quantitative estimate of drug-likeness (QED) is 0.632. The summed E-state index contributed by atoms with van der Waals surface area (Å²) >= 11 is 1.30. The van der Waals surface area contributed by atoms with Gasteiger partial charge in [0.05, 0.1) is 12.4 Å². The number of aromatic nitrogens is 4. The van der Waals surface area contributed by atoms with Gasteiger partial charge in [-0.1, -0.05) is 53.7 Å². The third-order valence-electron chi connectivity index (χ3n) is 3.99. The van der Waals surface area contributed by atoms with Crippen LogP contribution < -0.4 is 10.1 Å². The molecule has 3 aromatic rings. The number of hydrogen-bond donors (Lipinski definition) is 1. The molecule has 0 radical (unpaired) electrons. The third-order valence-corrected chi connectivity index (χ3v) is 5.03. The van der Waals surface area contributed by atoms with Crippen LogP contribution in [-0.2, 0) is 11.3 Å². The van der Waals surface area contributed by atoms with Gasteiger partial charge in [0.15, 0.2) is 0 Å². The van der Waals surface area contributed by atoms with Gasteiger partial charge in [-0.3, -0.25) is 4.79 Å². The van der Waals surface area contributed by atoms with E-state index in [9.17, 15) is 4.79 Å². The minimum absolute atomic E-state index is 0.0739. The number of carbonyl (C=O) groups excluding carboxylic acids is 1. The maximum atomic E-state index is 12.4. The highest BCUT2D eigenvalue weighted by Crippen LogP contribution is 2.27. The molecular weight excluding hydrogens is 362 g/mol. The standard InChI is InChI=1S/C19H21N5O2S/c1-13-8-10-15(11-9-13)12-20-18(25)14(2)27-19-21-22-23-24(19)16-6-4-5-7-17(16)26-3/h4-11,14H,12H2,1-3H3,(H,20,25). The van der Waals surface area contributed by atoms with Gasteiger partial charge in [0.2, 0.25) is 11.1 Å². The fourth-order valence-corrected chi connectivity index (χ4v) is 3.28. The van der Waals surface area contributed by atoms with Crippen molar-refractivity contribution in [3.63, 3.8) is 0 Å². The molecule has 8 heteroatoms. The average Bonchev–Trinajstić information content (AvgIpc) is 3.15. The van der Waals surface area contributed by atoms with Crippen molar-refractivity contribution >= 4 is 17.7 Å². The van der Waals surface area contributed by atoms with Gasteiger partial charge in [-0.25, -0.2) is 0 Å². The van der Waals surface area contributed by atoms with E-state index in [1.165, 1.54) is 17.3 Å². The molecule has 0 spiro atoms. The van der Waals surface area contributed by atoms with Gasteiger partial charge in [-0.15, -0.1) is 5.10 Å². The molecule has 27 heavy (non-hydrogen) atoms. The first kappa shape index (κ1) is 18.9. The first-order valence-electron chi connectivity index (χ1n) is 8.50. The van der Waals surface area contributed by atoms with Gasteiger partial charge in [0.25, 0.3) is 0 Å². The molecule has 1 aromatic heterocycles. The number of hydrogen-bond acceptors (Lipinski definition) is 6. The molecule has 1 unspecified atom stereocenters. The predicted octanol–water partition coefficient (Wildman–Crippen LogP) is 2.78. The van der Waals surface area contributed by atoms with Crippen LogP contribution in [0.4, 0.5) is 0 Å². The van der Waals surface area contributed by atoms with Crippen molar-refractivity contribution in [2.24, 2.45) is 0 Å². The Labute approximate surface area is 162 Å². The number of carbonyl (C=O) groups is 1. The van der Waals surface area contributed by atoms with Crippen molar-refractivity contribution in [1.82, 2.24) is 25.5 Å². The van der Waals surface area contributed by atoms with Crippen LogP contribution in [0.25, 0.3) is 5.69 Å². The summed E-state index contributed by atoms with van der Waals surface area (Å²) in [5.74, 6) is 0.582. The van der Waals surface area contributed by atoms with Gasteiger partial charge in [-0.05, 0) is 42.0 Å². The number of methoxy groups -OCH3 is 1. The minimum atomic E-state index is -0.352. The zero-order chi connectivity index (χ0) is 19.2. The Hall–Kier alpha value is -2.87. The average molecular weight is 383 g/mol. The zero-order valence-electron chi connectivity index (χ0n) is 15.4. The van der Waals surface area contributed by atoms with Crippen LogP contribution in [0.1, 0.15) is 18.1 Å². The molecule has 140 valence electrons. The molecule has 0 fully saturated rings. The van der Waals surface area contributed by atoms with Gasteiger partial charge in [-0.2, -0.15) is 4.68 Å². The van der Waals surface area contributed by atoms with Crippen LogP contribution in [0.5, 0.6) is 5.75 Å². The molecule has 0 aliphatic rings. The maximum absolute atomic E-state index is 12.4. The second-order valence-corrected chi connectivity index (χ2v) is 7.32. The van der Waals surface area contributed by atoms with E-state index < -0.39 is 0 Å². The fraction of sp³-hybridized carbons (Fsp3) is 0.263. The Morgan fingerprint density at radius 2 is 1.96 bits per heavy atom. The third kappa shape index (κ3) is 4.65. The molecule has 1 heterocycles. The Kier molecular flexibility index (Phi) is 6.08. The first-order chi connectivity index (χ1) is 13.1. The largest absolute Gasteiger partial charge is 0.494 e. The molecule has 0 saturated heterocycles. The lowest BCUT2D eigenvalue weighted by Gasteiger charge is -2.13. The molecule has 0 aliphatic heterocycles. The number of ether oxygens (including phenoxy) is 1. The van der Waals surface area contributed by atoms with Gasteiger partial charge in [0, 0.05) is 6.54 Å². The van der Waals surface area contributed by atoms with E-state index in [2.05, 4.69) is 20.8 Å². The summed E-state index contributed by atoms with van der Waals surface area (Å²) in [4.78, 5) is 12.4. The SMILES string of the molecule is COc1ccccc1-n1nnnc1SC(C)C(=O)NCc1ccc(C)cc1. The number of rotatable bonds is 7. The van der Waals surface area contributed by atoms with Gasteiger partial charge in [0.1, 0.15) is 11.4 Å². The van der Waals surface area contributed by atoms with E-state index in [4.69, 9.17) is 4.74 Å². The van der Waals surface area contributed by atoms with Crippen molar-refractivity contribution in [2.45, 2.75) is 30.8 Å². The predicted molar refractivity (Wildman–Crippen MR) is 104 cm³/mol. The number of amides is 1. The highest BCUT2D eigenvalue weighted by atomic mass is 32.2. The molecule has 1 amide bonds. The summed E-state index contributed by atoms with van der Waals surface area (Å²) in [6, 6.07) is 15.5. The monoisotopic (exact) mass is 383 g/mol. The number of thioether (sulfide) groups is 1. The van der Waals surface area contributed by atoms with E-state index in [0.29, 0.717) is 17.5 Å². The second-order valence-electron chi connectivity index (χ2n) is 6.01. The van der Waals surface area contributed by atoms with E-state index >= 15 is 0 Å². The van der Waals surface area contributed by atoms with E-state index in [0.717, 1.165) is 11.3 Å². The van der Waals surface area contributed by atoms with E-state index in [1.54, 1.807) is 11.8 Å². The summed E-state index contributed by atoms with van der Waals surface area (Å²) in [7, 11) is 1.59. The molecule has 0 saturated carbocycles. The van der Waals surface area contributed by atoms with E-state index in [-0.39, 0.29) is 11.2 Å². The fourth-order valence-electron chi connectivity index (χ4n) is 2.46. The summed E-state index contributed by atoms with van der Waals surface area (Å²) in [5.41, 5.74) is 2.97. The molecule has 0 bridgehead atoms. The van der Waals surface area contributed by atoms with Crippen molar-refractivity contribution < 1.29 is 9.53 Å². The minimum Gasteiger partial charge on any atom is -0.494 e. The van der Waals surface area contributed by atoms with Gasteiger partial charge >= 0.3 is 0 Å². The summed E-state index contributed by atoms with van der Waals surface area (Å²) in [5, 5.41) is 14.9. The van der Waals surface area contributed by atoms with Crippen LogP contribution in [-0.4, -0.2) is 38.5 Å². The Morgan fingerprint density at radius 1 is 1.22 bits per heavy atom. The number of tetrazole rings is 1. The lowest BCUT2D eigenvalue weighted by Crippen LogP contribution is -2.30. The number of nitrogens with one attached hydrogen (secondary N) is 1. The lowest BCUT2D eigenvalue weighted by molar-refractivity contribution is -0.120. The molecule has 2 aromatic carbocycles. The normalized spacial score (nSPS) is 11.8. The highest BCUT2D eigenvalue weighted by molar-refractivity contribution is 8.00. The van der Waals surface area contributed by atoms with Crippen molar-refractivity contribution in [3.05, 3.63) is 59.7 Å². The molecule has 0 aliphatic carbocycles. The number of nitrogens with zero attached hydrogens (tertiary/aromatic N) is 4. The first-order valence-corrected chi connectivity index (χ1v) is 9.38. The van der Waals surface area contributed by atoms with E-state index in [1.807, 2.05) is 62.4 Å². The van der Waals surface area contributed by atoms with Crippen molar-refractivity contribution in [1.29, 1.82) is 0 Å². The lowest BCUT2D eigenvalue weighted by atomic mass is 10.1. The molecule has 1 N–H and O–H groups in total. The summed E-state index contributed by atoms with van der Waals surface area (Å²) in [6.45, 7) is 4.35. The second kappa shape index (κ2) is 8.68. The molecule has 1 atom stereocenters. The molecule has 3 rings (SSSR count). The molecule has 7 nitrogen and oxygen atoms in total. The number of aryl methyl sites for hydroxylation is 1. The van der Waals surface area contributed by atoms with Crippen LogP contribution in [0.15, 0.2) is 53.7 Å². The number of benzene rings is 2. The highest BCUT2D eigenvalue weighted by Gasteiger charge is 2.20. The topological polar surface area (TPSA) is 81.9 Å². The van der Waals surface area contributed by atoms with Crippen molar-refractivity contribution in [2.75, 3.05) is 7.11 Å². The summed E-state index contributed by atoms with van der Waals surface area (Å²) in [6.07, 6.45) is 0. The van der Waals surface area contributed by atoms with Crippen molar-refractivity contribution in [3.8, 4) is 11.4 Å².